The molecule has 0 radical (unpaired) electrons. The first-order valence-electron chi connectivity index (χ1n) is 9.72. The smallest absolute Gasteiger partial charge is 0.251 e. The van der Waals surface area contributed by atoms with Crippen LogP contribution in [-0.2, 0) is 17.1 Å². The van der Waals surface area contributed by atoms with Gasteiger partial charge >= 0.3 is 0 Å². The molecule has 0 bridgehead atoms. The molecule has 1 aromatic heterocycles. The zero-order chi connectivity index (χ0) is 21.5. The summed E-state index contributed by atoms with van der Waals surface area (Å²) in [6.45, 7) is 6.14. The van der Waals surface area contributed by atoms with Crippen LogP contribution >= 0.6 is 23.1 Å². The number of carbonyl (C=O) groups excluding carboxylic acids is 2. The Morgan fingerprint density at radius 3 is 2.37 bits per heavy atom. The molecule has 1 heterocycles. The van der Waals surface area contributed by atoms with E-state index in [9.17, 15) is 9.59 Å². The van der Waals surface area contributed by atoms with Gasteiger partial charge in [0.25, 0.3) is 5.91 Å². The minimum atomic E-state index is -0.112. The molecule has 0 aliphatic heterocycles. The average Bonchev–Trinajstić information content (AvgIpc) is 3.17. The van der Waals surface area contributed by atoms with E-state index in [2.05, 4.69) is 21.0 Å². The third-order valence-corrected chi connectivity index (χ3v) is 6.24. The van der Waals surface area contributed by atoms with Gasteiger partial charge in [0.05, 0.1) is 10.7 Å². The number of hydrogen-bond acceptors (Lipinski definition) is 5. The van der Waals surface area contributed by atoms with Crippen LogP contribution < -0.4 is 10.6 Å². The van der Waals surface area contributed by atoms with Gasteiger partial charge in [-0.25, -0.2) is 4.98 Å². The Balaban J connectivity index is 1.48. The normalized spacial score (nSPS) is 10.8. The van der Waals surface area contributed by atoms with Crippen molar-refractivity contribution in [3.63, 3.8) is 0 Å². The molecule has 30 heavy (non-hydrogen) atoms. The molecule has 2 aromatic carbocycles. The van der Waals surface area contributed by atoms with Crippen molar-refractivity contribution in [3.8, 4) is 0 Å². The van der Waals surface area contributed by atoms with Crippen LogP contribution in [0.3, 0.4) is 0 Å². The van der Waals surface area contributed by atoms with Crippen molar-refractivity contribution in [3.05, 3.63) is 75.7 Å². The zero-order valence-electron chi connectivity index (χ0n) is 17.3. The molecule has 0 saturated heterocycles. The molecule has 2 amide bonds. The maximum atomic E-state index is 12.4. The molecule has 3 rings (SSSR count). The topological polar surface area (TPSA) is 71.1 Å². The fourth-order valence-corrected chi connectivity index (χ4v) is 4.12. The SMILES string of the molecule is Cc1nc(CSc2ccc(C(=O)NCc3ccc(NC(=O)C(C)C)cc3)cc2)cs1. The van der Waals surface area contributed by atoms with Crippen LogP contribution in [0.25, 0.3) is 0 Å². The Bertz CT molecular complexity index is 996. The lowest BCUT2D eigenvalue weighted by Gasteiger charge is -2.09. The van der Waals surface area contributed by atoms with Crippen molar-refractivity contribution in [2.75, 3.05) is 5.32 Å². The molecule has 0 aliphatic carbocycles. The van der Waals surface area contributed by atoms with E-state index in [0.717, 1.165) is 32.6 Å². The first-order valence-corrected chi connectivity index (χ1v) is 11.6. The predicted molar refractivity (Wildman–Crippen MR) is 124 cm³/mol. The Morgan fingerprint density at radius 2 is 1.77 bits per heavy atom. The molecule has 0 unspecified atom stereocenters. The summed E-state index contributed by atoms with van der Waals surface area (Å²) in [7, 11) is 0. The van der Waals surface area contributed by atoms with Crippen molar-refractivity contribution in [2.24, 2.45) is 5.92 Å². The number of hydrogen-bond donors (Lipinski definition) is 2. The lowest BCUT2D eigenvalue weighted by Crippen LogP contribution is -2.22. The number of rotatable bonds is 8. The van der Waals surface area contributed by atoms with E-state index in [1.54, 1.807) is 23.1 Å². The number of thiazole rings is 1. The van der Waals surface area contributed by atoms with Gasteiger partial charge in [0.1, 0.15) is 0 Å². The van der Waals surface area contributed by atoms with Gasteiger partial charge in [0, 0.05) is 39.7 Å². The van der Waals surface area contributed by atoms with Crippen LogP contribution in [0.15, 0.2) is 58.8 Å². The Hall–Kier alpha value is -2.64. The van der Waals surface area contributed by atoms with Crippen molar-refractivity contribution in [1.82, 2.24) is 10.3 Å². The lowest BCUT2D eigenvalue weighted by molar-refractivity contribution is -0.118. The second-order valence-corrected chi connectivity index (χ2v) is 9.31. The van der Waals surface area contributed by atoms with Crippen molar-refractivity contribution in [2.45, 2.75) is 38.0 Å². The third kappa shape index (κ3) is 6.43. The van der Waals surface area contributed by atoms with Crippen LogP contribution in [0, 0.1) is 12.8 Å². The molecular weight excluding hydrogens is 414 g/mol. The second kappa shape index (κ2) is 10.4. The maximum absolute atomic E-state index is 12.4. The highest BCUT2D eigenvalue weighted by Gasteiger charge is 2.08. The molecule has 0 spiro atoms. The van der Waals surface area contributed by atoms with E-state index in [0.29, 0.717) is 12.1 Å². The van der Waals surface area contributed by atoms with Gasteiger partial charge in [-0.1, -0.05) is 26.0 Å². The van der Waals surface area contributed by atoms with Crippen LogP contribution in [0.5, 0.6) is 0 Å². The van der Waals surface area contributed by atoms with E-state index in [1.807, 2.05) is 69.3 Å². The van der Waals surface area contributed by atoms with Gasteiger partial charge in [-0.15, -0.1) is 23.1 Å². The monoisotopic (exact) mass is 439 g/mol. The highest BCUT2D eigenvalue weighted by Crippen LogP contribution is 2.24. The average molecular weight is 440 g/mol. The minimum Gasteiger partial charge on any atom is -0.348 e. The largest absolute Gasteiger partial charge is 0.348 e. The number of benzene rings is 2. The summed E-state index contributed by atoms with van der Waals surface area (Å²) >= 11 is 3.37. The maximum Gasteiger partial charge on any atom is 0.251 e. The van der Waals surface area contributed by atoms with Crippen molar-refractivity contribution < 1.29 is 9.59 Å². The summed E-state index contributed by atoms with van der Waals surface area (Å²) in [5.41, 5.74) is 3.44. The van der Waals surface area contributed by atoms with Crippen molar-refractivity contribution in [1.29, 1.82) is 0 Å². The molecule has 0 saturated carbocycles. The molecule has 156 valence electrons. The molecular formula is C23H25N3O2S2. The molecule has 0 atom stereocenters. The first kappa shape index (κ1) is 22.1. The molecule has 7 heteroatoms. The Morgan fingerprint density at radius 1 is 1.07 bits per heavy atom. The van der Waals surface area contributed by atoms with E-state index in [-0.39, 0.29) is 17.7 Å². The van der Waals surface area contributed by atoms with E-state index < -0.39 is 0 Å². The van der Waals surface area contributed by atoms with Gasteiger partial charge in [-0.05, 0) is 48.9 Å². The fourth-order valence-electron chi connectivity index (χ4n) is 2.61. The van der Waals surface area contributed by atoms with Crippen molar-refractivity contribution >= 4 is 40.6 Å². The van der Waals surface area contributed by atoms with E-state index >= 15 is 0 Å². The summed E-state index contributed by atoms with van der Waals surface area (Å²) in [6, 6.07) is 15.1. The lowest BCUT2D eigenvalue weighted by atomic mass is 10.1. The van der Waals surface area contributed by atoms with Gasteiger partial charge in [-0.3, -0.25) is 9.59 Å². The van der Waals surface area contributed by atoms with Gasteiger partial charge in [0.15, 0.2) is 0 Å². The first-order chi connectivity index (χ1) is 14.4. The number of anilines is 1. The summed E-state index contributed by atoms with van der Waals surface area (Å²) in [5.74, 6) is 0.632. The number of amides is 2. The summed E-state index contributed by atoms with van der Waals surface area (Å²) in [4.78, 5) is 29.7. The number of thioether (sulfide) groups is 1. The molecule has 2 N–H and O–H groups in total. The number of nitrogens with one attached hydrogen (secondary N) is 2. The van der Waals surface area contributed by atoms with Gasteiger partial charge < -0.3 is 10.6 Å². The van der Waals surface area contributed by atoms with Crippen LogP contribution in [-0.4, -0.2) is 16.8 Å². The quantitative estimate of drug-likeness (QED) is 0.469. The summed E-state index contributed by atoms with van der Waals surface area (Å²) in [5, 5.41) is 8.94. The second-order valence-electron chi connectivity index (χ2n) is 7.19. The van der Waals surface area contributed by atoms with E-state index in [1.165, 1.54) is 0 Å². The highest BCUT2D eigenvalue weighted by atomic mass is 32.2. The number of aryl methyl sites for hydroxylation is 1. The fraction of sp³-hybridized carbons (Fsp3) is 0.261. The van der Waals surface area contributed by atoms with Gasteiger partial charge in [-0.2, -0.15) is 0 Å². The Kier molecular flexibility index (Phi) is 7.65. The van der Waals surface area contributed by atoms with Crippen LogP contribution in [0.4, 0.5) is 5.69 Å². The van der Waals surface area contributed by atoms with Crippen LogP contribution in [0.2, 0.25) is 0 Å². The molecule has 5 nitrogen and oxygen atoms in total. The minimum absolute atomic E-state index is 0.0145. The van der Waals surface area contributed by atoms with E-state index in [4.69, 9.17) is 0 Å². The molecule has 3 aromatic rings. The summed E-state index contributed by atoms with van der Waals surface area (Å²) in [6.07, 6.45) is 0. The number of aromatic nitrogens is 1. The highest BCUT2D eigenvalue weighted by molar-refractivity contribution is 7.98. The molecule has 0 fully saturated rings. The van der Waals surface area contributed by atoms with Crippen LogP contribution in [0.1, 0.15) is 40.5 Å². The predicted octanol–water partition coefficient (Wildman–Crippen LogP) is 5.27. The number of carbonyl (C=O) groups is 2. The Labute approximate surface area is 185 Å². The number of nitrogens with zero attached hydrogens (tertiary/aromatic N) is 1. The summed E-state index contributed by atoms with van der Waals surface area (Å²) < 4.78 is 0. The third-order valence-electron chi connectivity index (χ3n) is 4.37. The zero-order valence-corrected chi connectivity index (χ0v) is 18.9. The molecule has 0 aliphatic rings. The van der Waals surface area contributed by atoms with Gasteiger partial charge in [0.2, 0.25) is 5.91 Å². The standard InChI is InChI=1S/C23H25N3O2S2/c1-15(2)22(27)26-19-8-4-17(5-9-19)12-24-23(28)18-6-10-21(11-7-18)30-14-20-13-29-16(3)25-20/h4-11,13,15H,12,14H2,1-3H3,(H,24,28)(H,26,27).